The molecule has 0 fully saturated rings. The Kier molecular flexibility index (Phi) is 6.64. The Balaban J connectivity index is 1.41. The summed E-state index contributed by atoms with van der Waals surface area (Å²) in [7, 11) is 4.00. The average molecular weight is 443 g/mol. The van der Waals surface area contributed by atoms with Crippen LogP contribution in [0.2, 0.25) is 0 Å². The van der Waals surface area contributed by atoms with Crippen LogP contribution >= 0.6 is 0 Å². The standard InChI is InChI=1S/C25H26N6O2/c1-31(2)19-10-8-18(9-11-19)21-13-12-20-23(26)29-22(30-24(20)28-21)14-15-27-25(32)33-16-17-6-4-3-5-7-17/h3-13H,14-16H2,1-2H3,(H,27,32)(H2,26,28,29,30). The molecule has 0 aliphatic rings. The molecular weight excluding hydrogens is 416 g/mol. The summed E-state index contributed by atoms with van der Waals surface area (Å²) < 4.78 is 5.22. The molecule has 2 aromatic carbocycles. The van der Waals surface area contributed by atoms with E-state index >= 15 is 0 Å². The fourth-order valence-electron chi connectivity index (χ4n) is 3.33. The number of amides is 1. The van der Waals surface area contributed by atoms with Crippen LogP contribution in [0.4, 0.5) is 16.3 Å². The molecule has 0 spiro atoms. The van der Waals surface area contributed by atoms with Crippen molar-refractivity contribution < 1.29 is 9.53 Å². The van der Waals surface area contributed by atoms with E-state index in [1.807, 2.05) is 85.7 Å². The van der Waals surface area contributed by atoms with E-state index in [2.05, 4.69) is 15.3 Å². The highest BCUT2D eigenvalue weighted by Crippen LogP contribution is 2.24. The third-order valence-corrected chi connectivity index (χ3v) is 5.15. The predicted octanol–water partition coefficient (Wildman–Crippen LogP) is 3.81. The van der Waals surface area contributed by atoms with Crippen LogP contribution in [0.1, 0.15) is 11.4 Å². The van der Waals surface area contributed by atoms with Gasteiger partial charge in [-0.15, -0.1) is 0 Å². The molecule has 0 aliphatic heterocycles. The van der Waals surface area contributed by atoms with E-state index in [9.17, 15) is 4.79 Å². The highest BCUT2D eigenvalue weighted by molar-refractivity contribution is 5.87. The molecule has 2 aromatic heterocycles. The first-order chi connectivity index (χ1) is 16.0. The molecular formula is C25H26N6O2. The van der Waals surface area contributed by atoms with Crippen molar-refractivity contribution in [3.63, 3.8) is 0 Å². The van der Waals surface area contributed by atoms with Crippen LogP contribution < -0.4 is 16.0 Å². The maximum absolute atomic E-state index is 11.9. The number of nitrogens with zero attached hydrogens (tertiary/aromatic N) is 4. The van der Waals surface area contributed by atoms with Crippen molar-refractivity contribution in [3.8, 4) is 11.3 Å². The van der Waals surface area contributed by atoms with E-state index in [-0.39, 0.29) is 6.61 Å². The predicted molar refractivity (Wildman–Crippen MR) is 130 cm³/mol. The number of rotatable bonds is 7. The Morgan fingerprint density at radius 2 is 1.73 bits per heavy atom. The lowest BCUT2D eigenvalue weighted by Crippen LogP contribution is -2.26. The molecule has 4 aromatic rings. The van der Waals surface area contributed by atoms with Crippen molar-refractivity contribution >= 4 is 28.6 Å². The lowest BCUT2D eigenvalue weighted by Gasteiger charge is -2.12. The summed E-state index contributed by atoms with van der Waals surface area (Å²) in [6.45, 7) is 0.540. The lowest BCUT2D eigenvalue weighted by molar-refractivity contribution is 0.140. The number of hydrogen-bond donors (Lipinski definition) is 2. The number of hydrogen-bond acceptors (Lipinski definition) is 7. The summed E-state index contributed by atoms with van der Waals surface area (Å²) in [4.78, 5) is 27.6. The SMILES string of the molecule is CN(C)c1ccc(-c2ccc3c(N)nc(CCNC(=O)OCc4ccccc4)nc3n2)cc1. The minimum Gasteiger partial charge on any atom is -0.445 e. The van der Waals surface area contributed by atoms with Gasteiger partial charge >= 0.3 is 6.09 Å². The number of nitrogen functional groups attached to an aromatic ring is 1. The van der Waals surface area contributed by atoms with Crippen LogP contribution in [-0.2, 0) is 17.8 Å². The van der Waals surface area contributed by atoms with Gasteiger partial charge in [-0.1, -0.05) is 42.5 Å². The smallest absolute Gasteiger partial charge is 0.407 e. The van der Waals surface area contributed by atoms with Crippen molar-refractivity contribution in [1.82, 2.24) is 20.3 Å². The highest BCUT2D eigenvalue weighted by atomic mass is 16.5. The van der Waals surface area contributed by atoms with Gasteiger partial charge in [0, 0.05) is 38.3 Å². The second-order valence-electron chi connectivity index (χ2n) is 7.77. The van der Waals surface area contributed by atoms with E-state index in [1.54, 1.807) is 0 Å². The van der Waals surface area contributed by atoms with Crippen LogP contribution in [0.3, 0.4) is 0 Å². The second-order valence-corrected chi connectivity index (χ2v) is 7.77. The number of pyridine rings is 1. The van der Waals surface area contributed by atoms with Gasteiger partial charge in [-0.25, -0.2) is 19.7 Å². The Hall–Kier alpha value is -4.20. The fraction of sp³-hybridized carbons (Fsp3) is 0.200. The van der Waals surface area contributed by atoms with Crippen LogP contribution in [-0.4, -0.2) is 41.7 Å². The van der Waals surface area contributed by atoms with Gasteiger partial charge in [-0.05, 0) is 29.8 Å². The number of nitrogens with one attached hydrogen (secondary N) is 1. The summed E-state index contributed by atoms with van der Waals surface area (Å²) in [5.74, 6) is 0.875. The minimum atomic E-state index is -0.491. The fourth-order valence-corrected chi connectivity index (χ4v) is 3.33. The first kappa shape index (κ1) is 22.0. The van der Waals surface area contributed by atoms with Gasteiger partial charge in [0.15, 0.2) is 5.65 Å². The third kappa shape index (κ3) is 5.54. The van der Waals surface area contributed by atoms with Gasteiger partial charge in [0.25, 0.3) is 0 Å². The second kappa shape index (κ2) is 9.95. The molecule has 168 valence electrons. The Labute approximate surface area is 192 Å². The van der Waals surface area contributed by atoms with Crippen molar-refractivity contribution in [2.75, 3.05) is 31.3 Å². The molecule has 0 saturated heterocycles. The number of benzene rings is 2. The topological polar surface area (TPSA) is 106 Å². The molecule has 33 heavy (non-hydrogen) atoms. The Morgan fingerprint density at radius 3 is 2.45 bits per heavy atom. The van der Waals surface area contributed by atoms with E-state index < -0.39 is 6.09 Å². The molecule has 0 atom stereocenters. The van der Waals surface area contributed by atoms with Gasteiger partial charge < -0.3 is 20.7 Å². The number of fused-ring (bicyclic) bond motifs is 1. The molecule has 3 N–H and O–H groups in total. The van der Waals surface area contributed by atoms with Crippen LogP contribution in [0, 0.1) is 0 Å². The zero-order valence-corrected chi connectivity index (χ0v) is 18.7. The number of carbonyl (C=O) groups is 1. The van der Waals surface area contributed by atoms with E-state index in [1.165, 1.54) is 0 Å². The molecule has 0 unspecified atom stereocenters. The number of alkyl carbamates (subject to hydrolysis) is 1. The molecule has 0 radical (unpaired) electrons. The average Bonchev–Trinajstić information content (AvgIpc) is 2.83. The van der Waals surface area contributed by atoms with Crippen LogP contribution in [0.5, 0.6) is 0 Å². The molecule has 1 amide bonds. The summed E-state index contributed by atoms with van der Waals surface area (Å²) in [6, 6.07) is 21.5. The van der Waals surface area contributed by atoms with Crippen LogP contribution in [0.15, 0.2) is 66.7 Å². The van der Waals surface area contributed by atoms with Crippen molar-refractivity contribution in [1.29, 1.82) is 0 Å². The van der Waals surface area contributed by atoms with E-state index in [0.29, 0.717) is 35.6 Å². The van der Waals surface area contributed by atoms with Crippen LogP contribution in [0.25, 0.3) is 22.3 Å². The Morgan fingerprint density at radius 1 is 0.970 bits per heavy atom. The van der Waals surface area contributed by atoms with Crippen molar-refractivity contribution in [2.45, 2.75) is 13.0 Å². The molecule has 4 rings (SSSR count). The number of carbonyl (C=O) groups excluding carboxylic acids is 1. The van der Waals surface area contributed by atoms with Gasteiger partial charge in [0.05, 0.1) is 11.1 Å². The number of aromatic nitrogens is 3. The monoisotopic (exact) mass is 442 g/mol. The third-order valence-electron chi connectivity index (χ3n) is 5.15. The number of ether oxygens (including phenoxy) is 1. The maximum Gasteiger partial charge on any atom is 0.407 e. The first-order valence-electron chi connectivity index (χ1n) is 10.6. The van der Waals surface area contributed by atoms with Gasteiger partial charge in [-0.2, -0.15) is 0 Å². The summed E-state index contributed by atoms with van der Waals surface area (Å²) in [6.07, 6.45) is -0.0847. The van der Waals surface area contributed by atoms with E-state index in [0.717, 1.165) is 22.5 Å². The molecule has 8 heteroatoms. The summed E-state index contributed by atoms with van der Waals surface area (Å²) in [5, 5.41) is 3.41. The molecule has 0 bridgehead atoms. The zero-order chi connectivity index (χ0) is 23.2. The summed E-state index contributed by atoms with van der Waals surface area (Å²) >= 11 is 0. The minimum absolute atomic E-state index is 0.217. The largest absolute Gasteiger partial charge is 0.445 e. The molecule has 2 heterocycles. The molecule has 0 aliphatic carbocycles. The normalized spacial score (nSPS) is 10.7. The van der Waals surface area contributed by atoms with Crippen molar-refractivity contribution in [3.05, 3.63) is 78.1 Å². The Bertz CT molecular complexity index is 1240. The van der Waals surface area contributed by atoms with E-state index in [4.69, 9.17) is 15.5 Å². The molecule has 0 saturated carbocycles. The number of nitrogens with two attached hydrogens (primary N) is 1. The van der Waals surface area contributed by atoms with Crippen molar-refractivity contribution in [2.24, 2.45) is 0 Å². The quantitative estimate of drug-likeness (QED) is 0.448. The van der Waals surface area contributed by atoms with Gasteiger partial charge in [0.2, 0.25) is 0 Å². The number of anilines is 2. The lowest BCUT2D eigenvalue weighted by atomic mass is 10.1. The van der Waals surface area contributed by atoms with Gasteiger partial charge in [-0.3, -0.25) is 0 Å². The zero-order valence-electron chi connectivity index (χ0n) is 18.7. The molecule has 8 nitrogen and oxygen atoms in total. The highest BCUT2D eigenvalue weighted by Gasteiger charge is 2.10. The summed E-state index contributed by atoms with van der Waals surface area (Å²) in [5.41, 5.74) is 10.5. The maximum atomic E-state index is 11.9. The first-order valence-corrected chi connectivity index (χ1v) is 10.6. The van der Waals surface area contributed by atoms with Gasteiger partial charge in [0.1, 0.15) is 18.2 Å².